The van der Waals surface area contributed by atoms with Crippen molar-refractivity contribution in [3.05, 3.63) is 24.3 Å². The van der Waals surface area contributed by atoms with Gasteiger partial charge in [-0.3, -0.25) is 9.36 Å². The lowest BCUT2D eigenvalue weighted by Gasteiger charge is -2.29. The number of phosphoric acid groups is 1. The van der Waals surface area contributed by atoms with Gasteiger partial charge in [-0.25, -0.2) is 0 Å². The number of aliphatic hydroxyl groups is 1. The van der Waals surface area contributed by atoms with Crippen molar-refractivity contribution in [1.29, 1.82) is 0 Å². The number of phosphoric ester groups is 1. The van der Waals surface area contributed by atoms with Crippen LogP contribution in [-0.4, -0.2) is 68.5 Å². The maximum atomic E-state index is 12.6. The SMILES string of the molecule is CCCCCCC/C=C/CC/C=C/C(O)C(COP(=O)([O-])OCC[N+](C)(C)C)NC(=O)CCCCCCCCC. The van der Waals surface area contributed by atoms with Crippen molar-refractivity contribution in [3.8, 4) is 0 Å². The summed E-state index contributed by atoms with van der Waals surface area (Å²) in [6, 6.07) is -0.892. The van der Waals surface area contributed by atoms with Crippen molar-refractivity contribution < 1.29 is 32.9 Å². The predicted molar refractivity (Wildman–Crippen MR) is 164 cm³/mol. The molecule has 0 aliphatic rings. The normalized spacial score (nSPS) is 15.5. The highest BCUT2D eigenvalue weighted by Gasteiger charge is 2.23. The Bertz CT molecular complexity index is 723. The molecule has 8 nitrogen and oxygen atoms in total. The summed E-state index contributed by atoms with van der Waals surface area (Å²) in [6.07, 6.45) is 23.8. The van der Waals surface area contributed by atoms with Crippen LogP contribution in [0.4, 0.5) is 0 Å². The van der Waals surface area contributed by atoms with E-state index in [1.165, 1.54) is 57.8 Å². The molecule has 40 heavy (non-hydrogen) atoms. The Morgan fingerprint density at radius 1 is 0.850 bits per heavy atom. The number of carbonyl (C=O) groups excluding carboxylic acids is 1. The Hall–Kier alpha value is -1.02. The van der Waals surface area contributed by atoms with Gasteiger partial charge in [0.25, 0.3) is 7.82 Å². The molecule has 3 unspecified atom stereocenters. The van der Waals surface area contributed by atoms with Gasteiger partial charge in [0.1, 0.15) is 13.2 Å². The van der Waals surface area contributed by atoms with Gasteiger partial charge >= 0.3 is 0 Å². The third kappa shape index (κ3) is 25.9. The lowest BCUT2D eigenvalue weighted by Crippen LogP contribution is -2.45. The second-order valence-corrected chi connectivity index (χ2v) is 13.2. The fraction of sp³-hybridized carbons (Fsp3) is 0.839. The Kier molecular flexibility index (Phi) is 23.9. The molecular formula is C31H61N2O6P. The van der Waals surface area contributed by atoms with Gasteiger partial charge < -0.3 is 28.8 Å². The molecule has 3 atom stereocenters. The Balaban J connectivity index is 4.74. The number of rotatable bonds is 27. The number of nitrogens with one attached hydrogen (secondary N) is 1. The molecule has 0 aromatic carbocycles. The number of likely N-dealkylation sites (N-methyl/N-ethyl adjacent to an activating group) is 1. The van der Waals surface area contributed by atoms with Crippen LogP contribution in [0.5, 0.6) is 0 Å². The van der Waals surface area contributed by atoms with E-state index in [0.717, 1.165) is 38.5 Å². The number of allylic oxidation sites excluding steroid dienone is 3. The first-order valence-corrected chi connectivity index (χ1v) is 17.2. The standard InChI is InChI=1S/C31H61N2O6P/c1-6-8-10-12-14-15-16-17-19-20-22-24-30(34)29(28-39-40(36,37)38-27-26-33(3,4)5)32-31(35)25-23-21-18-13-11-9-7-2/h16-17,22,24,29-30,34H,6-15,18-21,23,25-28H2,1-5H3,(H-,32,35,36,37)/b17-16+,24-22+. The van der Waals surface area contributed by atoms with Crippen molar-refractivity contribution in [2.75, 3.05) is 40.9 Å². The van der Waals surface area contributed by atoms with E-state index >= 15 is 0 Å². The van der Waals surface area contributed by atoms with E-state index in [1.54, 1.807) is 6.08 Å². The minimum atomic E-state index is -4.57. The summed E-state index contributed by atoms with van der Waals surface area (Å²) in [6.45, 7) is 4.50. The van der Waals surface area contributed by atoms with Crippen LogP contribution in [0.2, 0.25) is 0 Å². The fourth-order valence-corrected chi connectivity index (χ4v) is 4.77. The van der Waals surface area contributed by atoms with Crippen molar-refractivity contribution in [3.63, 3.8) is 0 Å². The summed E-state index contributed by atoms with van der Waals surface area (Å²) in [5.74, 6) is -0.219. The van der Waals surface area contributed by atoms with E-state index in [-0.39, 0.29) is 12.5 Å². The molecule has 0 aromatic heterocycles. The van der Waals surface area contributed by atoms with Crippen LogP contribution < -0.4 is 10.2 Å². The summed E-state index contributed by atoms with van der Waals surface area (Å²) in [5, 5.41) is 13.5. The second kappa shape index (κ2) is 24.6. The zero-order valence-electron chi connectivity index (χ0n) is 26.3. The molecule has 2 N–H and O–H groups in total. The Morgan fingerprint density at radius 3 is 2.02 bits per heavy atom. The third-order valence-corrected chi connectivity index (χ3v) is 7.63. The second-order valence-electron chi connectivity index (χ2n) is 11.8. The van der Waals surface area contributed by atoms with E-state index in [0.29, 0.717) is 17.4 Å². The molecule has 0 saturated heterocycles. The number of amides is 1. The summed E-state index contributed by atoms with van der Waals surface area (Å²) in [5.41, 5.74) is 0. The molecular weight excluding hydrogens is 527 g/mol. The van der Waals surface area contributed by atoms with E-state index in [4.69, 9.17) is 9.05 Å². The maximum Gasteiger partial charge on any atom is 0.268 e. The number of unbranched alkanes of at least 4 members (excludes halogenated alkanes) is 12. The molecule has 0 bridgehead atoms. The van der Waals surface area contributed by atoms with Gasteiger partial charge in [-0.2, -0.15) is 0 Å². The lowest BCUT2D eigenvalue weighted by molar-refractivity contribution is -0.870. The van der Waals surface area contributed by atoms with Gasteiger partial charge in [-0.15, -0.1) is 0 Å². The van der Waals surface area contributed by atoms with E-state index < -0.39 is 26.6 Å². The molecule has 236 valence electrons. The predicted octanol–water partition coefficient (Wildman–Crippen LogP) is 6.43. The number of nitrogens with zero attached hydrogens (tertiary/aromatic N) is 1. The van der Waals surface area contributed by atoms with Crippen LogP contribution in [0.1, 0.15) is 117 Å². The van der Waals surface area contributed by atoms with Gasteiger partial charge in [0.05, 0.1) is 39.9 Å². The van der Waals surface area contributed by atoms with Gasteiger partial charge in [0, 0.05) is 6.42 Å². The fourth-order valence-electron chi connectivity index (χ4n) is 4.05. The highest BCUT2D eigenvalue weighted by Crippen LogP contribution is 2.38. The van der Waals surface area contributed by atoms with E-state index in [2.05, 4.69) is 31.3 Å². The molecule has 1 amide bonds. The highest BCUT2D eigenvalue weighted by atomic mass is 31.2. The number of aliphatic hydroxyl groups excluding tert-OH is 1. The molecule has 0 rings (SSSR count). The van der Waals surface area contributed by atoms with Gasteiger partial charge in [0.15, 0.2) is 0 Å². The quantitative estimate of drug-likeness (QED) is 0.0495. The minimum absolute atomic E-state index is 0.00568. The smallest absolute Gasteiger partial charge is 0.268 e. The van der Waals surface area contributed by atoms with Crippen LogP contribution >= 0.6 is 7.82 Å². The van der Waals surface area contributed by atoms with Crippen molar-refractivity contribution in [2.24, 2.45) is 0 Å². The molecule has 0 spiro atoms. The van der Waals surface area contributed by atoms with Crippen molar-refractivity contribution >= 4 is 13.7 Å². The summed E-state index contributed by atoms with van der Waals surface area (Å²) in [7, 11) is 1.24. The zero-order chi connectivity index (χ0) is 30.1. The molecule has 0 heterocycles. The molecule has 0 fully saturated rings. The average molecular weight is 589 g/mol. The summed E-state index contributed by atoms with van der Waals surface area (Å²) in [4.78, 5) is 24.8. The molecule has 0 aliphatic carbocycles. The topological polar surface area (TPSA) is 108 Å². The van der Waals surface area contributed by atoms with Crippen LogP contribution in [0.3, 0.4) is 0 Å². The number of quaternary nitrogens is 1. The van der Waals surface area contributed by atoms with Gasteiger partial charge in [-0.1, -0.05) is 102 Å². The number of hydrogen-bond acceptors (Lipinski definition) is 6. The first-order valence-electron chi connectivity index (χ1n) is 15.7. The van der Waals surface area contributed by atoms with E-state index in [9.17, 15) is 19.4 Å². The molecule has 0 saturated carbocycles. The van der Waals surface area contributed by atoms with Crippen LogP contribution in [0.25, 0.3) is 0 Å². The Morgan fingerprint density at radius 2 is 1.40 bits per heavy atom. The molecule has 0 aromatic rings. The molecule has 9 heteroatoms. The zero-order valence-corrected chi connectivity index (χ0v) is 27.2. The maximum absolute atomic E-state index is 12.6. The minimum Gasteiger partial charge on any atom is -0.756 e. The molecule has 0 aliphatic heterocycles. The van der Waals surface area contributed by atoms with Crippen LogP contribution in [0.15, 0.2) is 24.3 Å². The lowest BCUT2D eigenvalue weighted by atomic mass is 10.1. The van der Waals surface area contributed by atoms with Crippen molar-refractivity contribution in [2.45, 2.75) is 129 Å². The number of hydrogen-bond donors (Lipinski definition) is 2. The third-order valence-electron chi connectivity index (χ3n) is 6.66. The average Bonchev–Trinajstić information content (AvgIpc) is 2.88. The van der Waals surface area contributed by atoms with Gasteiger partial charge in [-0.05, 0) is 32.1 Å². The van der Waals surface area contributed by atoms with Crippen LogP contribution in [-0.2, 0) is 18.4 Å². The molecule has 0 radical (unpaired) electrons. The van der Waals surface area contributed by atoms with Gasteiger partial charge in [0.2, 0.25) is 5.91 Å². The largest absolute Gasteiger partial charge is 0.756 e. The van der Waals surface area contributed by atoms with Crippen molar-refractivity contribution in [1.82, 2.24) is 5.32 Å². The Labute approximate surface area is 245 Å². The van der Waals surface area contributed by atoms with Crippen LogP contribution in [0, 0.1) is 0 Å². The number of carbonyl (C=O) groups is 1. The monoisotopic (exact) mass is 588 g/mol. The summed E-state index contributed by atoms with van der Waals surface area (Å²) >= 11 is 0. The van der Waals surface area contributed by atoms with E-state index in [1.807, 2.05) is 27.2 Å². The first-order chi connectivity index (χ1) is 19.0. The first kappa shape index (κ1) is 39.0. The summed E-state index contributed by atoms with van der Waals surface area (Å²) < 4.78 is 22.9. The highest BCUT2D eigenvalue weighted by molar-refractivity contribution is 7.45.